The van der Waals surface area contributed by atoms with E-state index < -0.39 is 0 Å². The molecule has 1 aliphatic rings. The molecule has 1 aromatic heterocycles. The summed E-state index contributed by atoms with van der Waals surface area (Å²) in [7, 11) is 0. The third-order valence-electron chi connectivity index (χ3n) is 4.10. The number of aryl methyl sites for hydroxylation is 1. The second kappa shape index (κ2) is 6.59. The zero-order chi connectivity index (χ0) is 14.7. The summed E-state index contributed by atoms with van der Waals surface area (Å²) in [5.74, 6) is 0.784. The van der Waals surface area contributed by atoms with Crippen LogP contribution in [0.1, 0.15) is 37.4 Å². The highest BCUT2D eigenvalue weighted by Gasteiger charge is 2.28. The van der Waals surface area contributed by atoms with Gasteiger partial charge in [-0.3, -0.25) is 4.79 Å². The molecule has 112 valence electrons. The fourth-order valence-electron chi connectivity index (χ4n) is 2.82. The molecule has 2 N–H and O–H groups in total. The van der Waals surface area contributed by atoms with Gasteiger partial charge in [0.1, 0.15) is 0 Å². The van der Waals surface area contributed by atoms with Gasteiger partial charge in [0.25, 0.3) is 0 Å². The predicted octanol–water partition coefficient (Wildman–Crippen LogP) is 2.15. The summed E-state index contributed by atoms with van der Waals surface area (Å²) < 4.78 is 4.90. The maximum absolute atomic E-state index is 12.4. The van der Waals surface area contributed by atoms with Crippen molar-refractivity contribution in [2.24, 2.45) is 11.7 Å². The molecule has 1 saturated heterocycles. The van der Waals surface area contributed by atoms with Gasteiger partial charge in [0.2, 0.25) is 11.1 Å². The topological polar surface area (TPSA) is 72.4 Å². The molecule has 0 spiro atoms. The SMILES string of the molecule is Cc1noc(Cl)c1CCC(=O)N1CCC(C)CC1CN. The molecule has 0 aliphatic carbocycles. The summed E-state index contributed by atoms with van der Waals surface area (Å²) in [6.07, 6.45) is 3.04. The molecule has 0 aromatic carbocycles. The van der Waals surface area contributed by atoms with Crippen molar-refractivity contribution in [2.45, 2.75) is 45.6 Å². The van der Waals surface area contributed by atoms with E-state index in [1.54, 1.807) is 0 Å². The molecule has 6 heteroatoms. The summed E-state index contributed by atoms with van der Waals surface area (Å²) in [6.45, 7) is 5.38. The summed E-state index contributed by atoms with van der Waals surface area (Å²) in [4.78, 5) is 14.3. The van der Waals surface area contributed by atoms with Crippen LogP contribution in [0.25, 0.3) is 0 Å². The molecule has 1 aliphatic heterocycles. The molecule has 2 unspecified atom stereocenters. The lowest BCUT2D eigenvalue weighted by molar-refractivity contribution is -0.135. The number of aromatic nitrogens is 1. The van der Waals surface area contributed by atoms with Crippen molar-refractivity contribution >= 4 is 17.5 Å². The third-order valence-corrected chi connectivity index (χ3v) is 4.39. The molecule has 20 heavy (non-hydrogen) atoms. The normalized spacial score (nSPS) is 23.1. The minimum atomic E-state index is 0.143. The largest absolute Gasteiger partial charge is 0.344 e. The number of nitrogens with two attached hydrogens (primary N) is 1. The first kappa shape index (κ1) is 15.3. The Hall–Kier alpha value is -1.07. The molecule has 2 heterocycles. The lowest BCUT2D eigenvalue weighted by Crippen LogP contribution is -2.49. The standard InChI is InChI=1S/C14H22ClN3O2/c1-9-5-6-18(11(7-9)8-16)13(19)4-3-12-10(2)17-20-14(12)15/h9,11H,3-8,16H2,1-2H3. The molecule has 2 atom stereocenters. The number of carbonyl (C=O) groups is 1. The highest BCUT2D eigenvalue weighted by Crippen LogP contribution is 2.24. The first-order valence-corrected chi connectivity index (χ1v) is 7.51. The Labute approximate surface area is 124 Å². The van der Waals surface area contributed by atoms with E-state index in [1.807, 2.05) is 11.8 Å². The number of hydrogen-bond donors (Lipinski definition) is 1. The van der Waals surface area contributed by atoms with Crippen LogP contribution in [-0.2, 0) is 11.2 Å². The molecule has 0 radical (unpaired) electrons. The number of rotatable bonds is 4. The average molecular weight is 300 g/mol. The Bertz CT molecular complexity index is 455. The van der Waals surface area contributed by atoms with Gasteiger partial charge in [-0.1, -0.05) is 12.1 Å². The van der Waals surface area contributed by atoms with Crippen molar-refractivity contribution < 1.29 is 9.32 Å². The summed E-state index contributed by atoms with van der Waals surface area (Å²) in [6, 6.07) is 0.172. The van der Waals surface area contributed by atoms with E-state index in [-0.39, 0.29) is 17.2 Å². The maximum Gasteiger partial charge on any atom is 0.229 e. The Balaban J connectivity index is 1.94. The Morgan fingerprint density at radius 3 is 2.95 bits per heavy atom. The van der Waals surface area contributed by atoms with Gasteiger partial charge < -0.3 is 15.2 Å². The van der Waals surface area contributed by atoms with Crippen LogP contribution in [0.5, 0.6) is 0 Å². The second-order valence-corrected chi connectivity index (χ2v) is 5.97. The van der Waals surface area contributed by atoms with Crippen LogP contribution in [-0.4, -0.2) is 35.1 Å². The molecule has 0 saturated carbocycles. The van der Waals surface area contributed by atoms with Crippen LogP contribution in [0.4, 0.5) is 0 Å². The van der Waals surface area contributed by atoms with Gasteiger partial charge in [0.15, 0.2) is 0 Å². The number of piperidine rings is 1. The van der Waals surface area contributed by atoms with Crippen LogP contribution in [0.15, 0.2) is 4.52 Å². The van der Waals surface area contributed by atoms with E-state index in [0.717, 1.165) is 30.6 Å². The lowest BCUT2D eigenvalue weighted by Gasteiger charge is -2.38. The third kappa shape index (κ3) is 3.33. The zero-order valence-corrected chi connectivity index (χ0v) is 12.8. The van der Waals surface area contributed by atoms with E-state index in [1.165, 1.54) is 0 Å². The number of nitrogens with zero attached hydrogens (tertiary/aromatic N) is 2. The molecule has 1 amide bonds. The summed E-state index contributed by atoms with van der Waals surface area (Å²) in [5, 5.41) is 4.09. The fraction of sp³-hybridized carbons (Fsp3) is 0.714. The van der Waals surface area contributed by atoms with E-state index in [0.29, 0.717) is 25.3 Å². The minimum Gasteiger partial charge on any atom is -0.344 e. The van der Waals surface area contributed by atoms with Crippen molar-refractivity contribution in [3.63, 3.8) is 0 Å². The van der Waals surface area contributed by atoms with Crippen LogP contribution >= 0.6 is 11.6 Å². The Kier molecular flexibility index (Phi) is 5.05. The van der Waals surface area contributed by atoms with Crippen molar-refractivity contribution in [1.82, 2.24) is 10.1 Å². The molecule has 5 nitrogen and oxygen atoms in total. The second-order valence-electron chi connectivity index (χ2n) is 5.63. The van der Waals surface area contributed by atoms with Crippen LogP contribution in [0, 0.1) is 12.8 Å². The average Bonchev–Trinajstić information content (AvgIpc) is 2.75. The van der Waals surface area contributed by atoms with Gasteiger partial charge in [0.05, 0.1) is 5.69 Å². The zero-order valence-electron chi connectivity index (χ0n) is 12.1. The molecule has 1 aromatic rings. The monoisotopic (exact) mass is 299 g/mol. The molecular weight excluding hydrogens is 278 g/mol. The summed E-state index contributed by atoms with van der Waals surface area (Å²) in [5.41, 5.74) is 7.38. The van der Waals surface area contributed by atoms with Crippen molar-refractivity contribution in [1.29, 1.82) is 0 Å². The molecular formula is C14H22ClN3O2. The van der Waals surface area contributed by atoms with Gasteiger partial charge in [-0.25, -0.2) is 0 Å². The molecule has 1 fully saturated rings. The predicted molar refractivity (Wildman–Crippen MR) is 77.5 cm³/mol. The lowest BCUT2D eigenvalue weighted by atomic mass is 9.92. The minimum absolute atomic E-state index is 0.143. The number of likely N-dealkylation sites (tertiary alicyclic amines) is 1. The van der Waals surface area contributed by atoms with E-state index in [2.05, 4.69) is 12.1 Å². The van der Waals surface area contributed by atoms with Gasteiger partial charge in [-0.2, -0.15) is 0 Å². The van der Waals surface area contributed by atoms with Crippen LogP contribution < -0.4 is 5.73 Å². The summed E-state index contributed by atoms with van der Waals surface area (Å²) >= 11 is 5.92. The smallest absolute Gasteiger partial charge is 0.229 e. The van der Waals surface area contributed by atoms with Crippen LogP contribution in [0.3, 0.4) is 0 Å². The van der Waals surface area contributed by atoms with E-state index in [4.69, 9.17) is 21.9 Å². The molecule has 0 bridgehead atoms. The van der Waals surface area contributed by atoms with Gasteiger partial charge in [-0.15, -0.1) is 0 Å². The number of carbonyl (C=O) groups excluding carboxylic acids is 1. The fourth-order valence-corrected chi connectivity index (χ4v) is 3.08. The first-order chi connectivity index (χ1) is 9.52. The van der Waals surface area contributed by atoms with Crippen molar-refractivity contribution in [2.75, 3.05) is 13.1 Å². The first-order valence-electron chi connectivity index (χ1n) is 7.13. The maximum atomic E-state index is 12.4. The van der Waals surface area contributed by atoms with Gasteiger partial charge in [-0.05, 0) is 43.7 Å². The Morgan fingerprint density at radius 1 is 1.60 bits per heavy atom. The quantitative estimate of drug-likeness (QED) is 0.924. The highest BCUT2D eigenvalue weighted by atomic mass is 35.5. The van der Waals surface area contributed by atoms with E-state index in [9.17, 15) is 4.79 Å². The van der Waals surface area contributed by atoms with Gasteiger partial charge >= 0.3 is 0 Å². The van der Waals surface area contributed by atoms with Gasteiger partial charge in [0, 0.05) is 31.1 Å². The van der Waals surface area contributed by atoms with E-state index >= 15 is 0 Å². The highest BCUT2D eigenvalue weighted by molar-refractivity contribution is 6.29. The number of halogens is 1. The number of hydrogen-bond acceptors (Lipinski definition) is 4. The Morgan fingerprint density at radius 2 is 2.35 bits per heavy atom. The van der Waals surface area contributed by atoms with Crippen molar-refractivity contribution in [3.8, 4) is 0 Å². The number of amides is 1. The van der Waals surface area contributed by atoms with Crippen molar-refractivity contribution in [3.05, 3.63) is 16.5 Å². The van der Waals surface area contributed by atoms with Crippen LogP contribution in [0.2, 0.25) is 5.22 Å². The molecule has 2 rings (SSSR count).